The van der Waals surface area contributed by atoms with Crippen molar-refractivity contribution < 1.29 is 24.9 Å². The average Bonchev–Trinajstić information content (AvgIpc) is 3.04. The maximum Gasteiger partial charge on any atom is 0.409 e. The zero-order valence-electron chi connectivity index (χ0n) is 24.8. The quantitative estimate of drug-likeness (QED) is 0.0818. The number of phenolic OH excluding ortho intramolecular Hbond substituents is 1. The molecule has 4 aromatic carbocycles. The van der Waals surface area contributed by atoms with E-state index < -0.39 is 12.2 Å². The molecule has 9 heteroatoms. The maximum atomic E-state index is 11.6. The van der Waals surface area contributed by atoms with Crippen LogP contribution in [0.1, 0.15) is 35.6 Å². The molecule has 1 heterocycles. The van der Waals surface area contributed by atoms with Gasteiger partial charge < -0.3 is 30.4 Å². The second kappa shape index (κ2) is 15.1. The van der Waals surface area contributed by atoms with E-state index in [4.69, 9.17) is 4.74 Å². The van der Waals surface area contributed by atoms with Crippen molar-refractivity contribution in [2.45, 2.75) is 31.8 Å². The van der Waals surface area contributed by atoms with Crippen LogP contribution in [0.25, 0.3) is 22.0 Å². The Labute approximate surface area is 261 Å². The summed E-state index contributed by atoms with van der Waals surface area (Å²) in [5.41, 5.74) is 5.33. The number of aliphatic hydroxyl groups excluding tert-OH is 1. The number of nitrogens with one attached hydrogen (secondary N) is 3. The van der Waals surface area contributed by atoms with Crippen molar-refractivity contribution in [1.82, 2.24) is 10.3 Å². The van der Waals surface area contributed by atoms with Gasteiger partial charge in [-0.1, -0.05) is 54.6 Å². The topological polar surface area (TPSA) is 144 Å². The number of aliphatic hydroxyl groups is 1. The van der Waals surface area contributed by atoms with Gasteiger partial charge in [-0.25, -0.2) is 4.79 Å². The zero-order chi connectivity index (χ0) is 31.6. The Morgan fingerprint density at radius 2 is 1.64 bits per heavy atom. The molecule has 0 saturated carbocycles. The van der Waals surface area contributed by atoms with E-state index >= 15 is 0 Å². The fourth-order valence-corrected chi connectivity index (χ4v) is 5.33. The number of ether oxygens (including phenoxy) is 1. The van der Waals surface area contributed by atoms with Crippen LogP contribution in [-0.4, -0.2) is 46.1 Å². The number of benzene rings is 4. The first kappa shape index (κ1) is 31.3. The third kappa shape index (κ3) is 8.50. The van der Waals surface area contributed by atoms with Crippen LogP contribution in [0.5, 0.6) is 11.5 Å². The molecule has 0 unspecified atom stereocenters. The first-order valence-corrected chi connectivity index (χ1v) is 15.0. The van der Waals surface area contributed by atoms with Crippen LogP contribution in [-0.2, 0) is 12.8 Å². The molecule has 5 aromatic rings. The maximum absolute atomic E-state index is 11.6. The van der Waals surface area contributed by atoms with E-state index in [2.05, 4.69) is 15.6 Å². The molecule has 9 nitrogen and oxygen atoms in total. The Hall–Kier alpha value is -5.12. The number of fused-ring (bicyclic) bond motifs is 1. The van der Waals surface area contributed by atoms with E-state index in [1.807, 2.05) is 72.8 Å². The number of pyridine rings is 1. The number of unbranched alkanes of at least 4 members (excludes halogenated alkanes) is 1. The van der Waals surface area contributed by atoms with Crippen LogP contribution in [0.3, 0.4) is 0 Å². The van der Waals surface area contributed by atoms with Crippen LogP contribution in [0.15, 0.2) is 102 Å². The molecule has 1 aromatic heterocycles. The second-order valence-corrected chi connectivity index (χ2v) is 10.9. The van der Waals surface area contributed by atoms with Gasteiger partial charge in [-0.3, -0.25) is 10.1 Å². The van der Waals surface area contributed by atoms with Gasteiger partial charge in [0.25, 0.3) is 0 Å². The zero-order valence-corrected chi connectivity index (χ0v) is 24.8. The minimum absolute atomic E-state index is 0.0313. The molecule has 232 valence electrons. The molecule has 0 aliphatic rings. The first-order valence-electron chi connectivity index (χ1n) is 15.0. The number of carboxylic acid groups (broad SMARTS) is 1. The highest BCUT2D eigenvalue weighted by Crippen LogP contribution is 2.30. The van der Waals surface area contributed by atoms with Gasteiger partial charge in [-0.05, 0) is 90.9 Å². The van der Waals surface area contributed by atoms with Crippen molar-refractivity contribution in [3.63, 3.8) is 0 Å². The van der Waals surface area contributed by atoms with Gasteiger partial charge in [0.1, 0.15) is 11.5 Å². The van der Waals surface area contributed by atoms with Gasteiger partial charge in [-0.2, -0.15) is 0 Å². The van der Waals surface area contributed by atoms with Gasteiger partial charge in [0, 0.05) is 23.6 Å². The van der Waals surface area contributed by atoms with E-state index in [0.29, 0.717) is 41.9 Å². The van der Waals surface area contributed by atoms with Crippen LogP contribution in [0.2, 0.25) is 0 Å². The number of aromatic amines is 1. The van der Waals surface area contributed by atoms with Gasteiger partial charge >= 0.3 is 6.09 Å². The number of hydrogen-bond donors (Lipinski definition) is 6. The third-order valence-corrected chi connectivity index (χ3v) is 7.66. The number of anilines is 1. The predicted molar refractivity (Wildman–Crippen MR) is 176 cm³/mol. The number of amides is 1. The molecule has 0 aliphatic carbocycles. The van der Waals surface area contributed by atoms with Crippen LogP contribution >= 0.6 is 0 Å². The summed E-state index contributed by atoms with van der Waals surface area (Å²) >= 11 is 0. The number of aromatic hydroxyl groups is 1. The molecule has 5 rings (SSSR count). The largest absolute Gasteiger partial charge is 0.506 e. The minimum Gasteiger partial charge on any atom is -0.506 e. The summed E-state index contributed by atoms with van der Waals surface area (Å²) in [6.45, 7) is 1.60. The van der Waals surface area contributed by atoms with Crippen molar-refractivity contribution in [2.24, 2.45) is 0 Å². The molecule has 0 saturated heterocycles. The van der Waals surface area contributed by atoms with E-state index in [-0.39, 0.29) is 11.3 Å². The Bertz CT molecular complexity index is 1790. The summed E-state index contributed by atoms with van der Waals surface area (Å²) in [6.07, 6.45) is 1.58. The Kier molecular flexibility index (Phi) is 10.5. The number of aryl methyl sites for hydroxylation is 1. The minimum atomic E-state index is -1.08. The lowest BCUT2D eigenvalue weighted by atomic mass is 9.98. The van der Waals surface area contributed by atoms with Crippen LogP contribution in [0, 0.1) is 0 Å². The molecular formula is C36H37N3O6. The average molecular weight is 608 g/mol. The molecule has 1 amide bonds. The van der Waals surface area contributed by atoms with Crippen LogP contribution in [0.4, 0.5) is 10.5 Å². The summed E-state index contributed by atoms with van der Waals surface area (Å²) in [5, 5.41) is 36.4. The van der Waals surface area contributed by atoms with Crippen molar-refractivity contribution in [2.75, 3.05) is 25.0 Å². The van der Waals surface area contributed by atoms with Crippen LogP contribution < -0.4 is 20.9 Å². The smallest absolute Gasteiger partial charge is 0.409 e. The monoisotopic (exact) mass is 607 g/mol. The predicted octanol–water partition coefficient (Wildman–Crippen LogP) is 6.26. The lowest BCUT2D eigenvalue weighted by Crippen LogP contribution is -2.24. The molecule has 0 aliphatic heterocycles. The number of hydrogen-bond acceptors (Lipinski definition) is 6. The lowest BCUT2D eigenvalue weighted by Gasteiger charge is -2.15. The summed E-state index contributed by atoms with van der Waals surface area (Å²) < 4.78 is 5.95. The molecule has 0 bridgehead atoms. The normalized spacial score (nSPS) is 11.8. The molecule has 0 fully saturated rings. The van der Waals surface area contributed by atoms with Gasteiger partial charge in [0.05, 0.1) is 23.9 Å². The van der Waals surface area contributed by atoms with Crippen molar-refractivity contribution >= 4 is 22.7 Å². The van der Waals surface area contributed by atoms with E-state index in [1.54, 1.807) is 12.1 Å². The standard InChI is InChI=1S/C36H37N3O6/c40-32-17-14-28(29-15-18-34(42)39-35(29)32)33(41)23-37-20-19-24-9-12-27(13-10-24)45-21-5-4-6-25-11-16-31(38-36(43)44)30(22-25)26-7-2-1-3-8-26/h1-3,7-18,22,33,37-38,40-41H,4-6,19-21,23H2,(H,39,42)(H,43,44)/t33-/m1/s1. The molecule has 45 heavy (non-hydrogen) atoms. The van der Waals surface area contributed by atoms with Gasteiger partial charge in [-0.15, -0.1) is 0 Å². The highest BCUT2D eigenvalue weighted by atomic mass is 16.5. The molecule has 0 radical (unpaired) electrons. The fourth-order valence-electron chi connectivity index (χ4n) is 5.33. The number of aromatic nitrogens is 1. The summed E-state index contributed by atoms with van der Waals surface area (Å²) in [5.74, 6) is 0.783. The second-order valence-electron chi connectivity index (χ2n) is 10.9. The fraction of sp³-hybridized carbons (Fsp3) is 0.222. The van der Waals surface area contributed by atoms with Gasteiger partial charge in [0.2, 0.25) is 5.56 Å². The third-order valence-electron chi connectivity index (χ3n) is 7.66. The van der Waals surface area contributed by atoms with E-state index in [0.717, 1.165) is 53.7 Å². The Balaban J connectivity index is 1.03. The van der Waals surface area contributed by atoms with Crippen molar-refractivity contribution in [3.8, 4) is 22.6 Å². The molecule has 1 atom stereocenters. The van der Waals surface area contributed by atoms with Crippen molar-refractivity contribution in [3.05, 3.63) is 124 Å². The lowest BCUT2D eigenvalue weighted by molar-refractivity contribution is 0.176. The summed E-state index contributed by atoms with van der Waals surface area (Å²) in [6, 6.07) is 29.7. The van der Waals surface area contributed by atoms with E-state index in [1.165, 1.54) is 12.1 Å². The number of rotatable bonds is 14. The number of carbonyl (C=O) groups is 1. The summed E-state index contributed by atoms with van der Waals surface area (Å²) in [7, 11) is 0. The summed E-state index contributed by atoms with van der Waals surface area (Å²) in [4.78, 5) is 25.5. The number of phenols is 1. The Morgan fingerprint density at radius 1 is 0.867 bits per heavy atom. The van der Waals surface area contributed by atoms with Gasteiger partial charge in [0.15, 0.2) is 0 Å². The highest BCUT2D eigenvalue weighted by Gasteiger charge is 2.14. The van der Waals surface area contributed by atoms with Crippen molar-refractivity contribution in [1.29, 1.82) is 0 Å². The highest BCUT2D eigenvalue weighted by molar-refractivity contribution is 5.90. The molecular weight excluding hydrogens is 570 g/mol. The Morgan fingerprint density at radius 3 is 2.42 bits per heavy atom. The first-order chi connectivity index (χ1) is 21.9. The van der Waals surface area contributed by atoms with E-state index in [9.17, 15) is 24.9 Å². The molecule has 6 N–H and O–H groups in total. The SMILES string of the molecule is O=C(O)Nc1ccc(CCCCOc2ccc(CCNC[C@@H](O)c3ccc(O)c4[nH]c(=O)ccc34)cc2)cc1-c1ccccc1. The molecule has 0 spiro atoms. The number of H-pyrrole nitrogens is 1.